The summed E-state index contributed by atoms with van der Waals surface area (Å²) < 4.78 is 6.69. The van der Waals surface area contributed by atoms with Gasteiger partial charge in [-0.2, -0.15) is 0 Å². The molecule has 0 spiro atoms. The molecule has 1 heterocycles. The number of rotatable bonds is 10. The van der Waals surface area contributed by atoms with Crippen LogP contribution in [0, 0.1) is 0 Å². The molecule has 0 aliphatic carbocycles. The fraction of sp³-hybridized carbons (Fsp3) is 0.346. The van der Waals surface area contributed by atoms with Crippen molar-refractivity contribution in [3.8, 4) is 5.75 Å². The number of carbonyl (C=O) groups excluding carboxylic acids is 2. The van der Waals surface area contributed by atoms with Gasteiger partial charge < -0.3 is 19.7 Å². The van der Waals surface area contributed by atoms with Crippen LogP contribution in [0.25, 0.3) is 10.9 Å². The van der Waals surface area contributed by atoms with Crippen LogP contribution in [-0.4, -0.2) is 28.2 Å². The summed E-state index contributed by atoms with van der Waals surface area (Å²) in [6.45, 7) is 4.77. The number of nitrogens with zero attached hydrogens (tertiary/aromatic N) is 1. The molecule has 0 unspecified atom stereocenters. The van der Waals surface area contributed by atoms with Crippen molar-refractivity contribution in [2.75, 3.05) is 11.9 Å². The number of unbranched alkanes of at least 4 members (excludes halogenated alkanes) is 3. The summed E-state index contributed by atoms with van der Waals surface area (Å²) >= 11 is 0. The number of pyridine rings is 1. The maximum atomic E-state index is 13.3. The predicted octanol–water partition coefficient (Wildman–Crippen LogP) is 5.11. The minimum Gasteiger partial charge on any atom is -0.506 e. The number of fused-ring (bicyclic) bond motifs is 1. The van der Waals surface area contributed by atoms with Gasteiger partial charge in [-0.05, 0) is 43.2 Å². The van der Waals surface area contributed by atoms with Crippen molar-refractivity contribution >= 4 is 28.5 Å². The molecule has 1 amide bonds. The standard InChI is InChI=1S/C26H30N2O5/c1-3-5-6-9-15-28-21-14-8-7-13-20(21)23(29)22(25(28)31)24(30)27-19-12-10-11-18(17-19)26(32)33-16-4-2/h7-8,10-14,17,29H,3-6,9,15-16H2,1-2H3,(H,27,30). The van der Waals surface area contributed by atoms with Crippen molar-refractivity contribution in [3.63, 3.8) is 0 Å². The van der Waals surface area contributed by atoms with E-state index in [1.165, 1.54) is 6.07 Å². The Bertz CT molecular complexity index is 1200. The quantitative estimate of drug-likeness (QED) is 0.331. The first-order valence-corrected chi connectivity index (χ1v) is 11.4. The first-order chi connectivity index (χ1) is 16.0. The van der Waals surface area contributed by atoms with E-state index in [9.17, 15) is 19.5 Å². The summed E-state index contributed by atoms with van der Waals surface area (Å²) in [6.07, 6.45) is 4.61. The molecule has 0 bridgehead atoms. The van der Waals surface area contributed by atoms with Gasteiger partial charge in [-0.1, -0.05) is 51.3 Å². The average molecular weight is 451 g/mol. The normalized spacial score (nSPS) is 10.8. The van der Waals surface area contributed by atoms with Gasteiger partial charge in [0.05, 0.1) is 17.7 Å². The van der Waals surface area contributed by atoms with E-state index in [4.69, 9.17) is 4.74 Å². The van der Waals surface area contributed by atoms with Crippen LogP contribution in [0.3, 0.4) is 0 Å². The van der Waals surface area contributed by atoms with Crippen molar-refractivity contribution in [1.82, 2.24) is 4.57 Å². The molecule has 0 aliphatic heterocycles. The Balaban J connectivity index is 1.94. The third-order valence-electron chi connectivity index (χ3n) is 5.40. The minimum absolute atomic E-state index is 0.289. The number of para-hydroxylation sites is 1. The Morgan fingerprint density at radius 1 is 1.00 bits per heavy atom. The molecule has 0 saturated carbocycles. The van der Waals surface area contributed by atoms with Crippen LogP contribution < -0.4 is 10.9 Å². The molecule has 0 atom stereocenters. The zero-order chi connectivity index (χ0) is 23.8. The van der Waals surface area contributed by atoms with E-state index >= 15 is 0 Å². The highest BCUT2D eigenvalue weighted by atomic mass is 16.5. The third-order valence-corrected chi connectivity index (χ3v) is 5.40. The molecule has 174 valence electrons. The zero-order valence-electron chi connectivity index (χ0n) is 19.1. The molecule has 0 fully saturated rings. The number of carbonyl (C=O) groups is 2. The lowest BCUT2D eigenvalue weighted by atomic mass is 10.1. The highest BCUT2D eigenvalue weighted by Gasteiger charge is 2.22. The minimum atomic E-state index is -0.732. The van der Waals surface area contributed by atoms with E-state index < -0.39 is 17.4 Å². The molecular formula is C26H30N2O5. The van der Waals surface area contributed by atoms with Gasteiger partial charge in [0.25, 0.3) is 11.5 Å². The van der Waals surface area contributed by atoms with E-state index in [2.05, 4.69) is 12.2 Å². The number of benzene rings is 2. The summed E-state index contributed by atoms with van der Waals surface area (Å²) in [6, 6.07) is 13.3. The summed E-state index contributed by atoms with van der Waals surface area (Å²) in [4.78, 5) is 38.5. The lowest BCUT2D eigenvalue weighted by molar-refractivity contribution is 0.0505. The lowest BCUT2D eigenvalue weighted by Crippen LogP contribution is -2.30. The number of anilines is 1. The van der Waals surface area contributed by atoms with Gasteiger partial charge in [0.1, 0.15) is 11.3 Å². The zero-order valence-corrected chi connectivity index (χ0v) is 19.1. The monoisotopic (exact) mass is 450 g/mol. The van der Waals surface area contributed by atoms with Gasteiger partial charge in [0.2, 0.25) is 0 Å². The first kappa shape index (κ1) is 24.0. The van der Waals surface area contributed by atoms with E-state index in [0.29, 0.717) is 36.2 Å². The molecule has 2 N–H and O–H groups in total. The third kappa shape index (κ3) is 5.61. The van der Waals surface area contributed by atoms with Gasteiger partial charge >= 0.3 is 5.97 Å². The van der Waals surface area contributed by atoms with Crippen molar-refractivity contribution in [2.45, 2.75) is 52.5 Å². The van der Waals surface area contributed by atoms with Crippen molar-refractivity contribution in [3.05, 3.63) is 70.0 Å². The van der Waals surface area contributed by atoms with Crippen molar-refractivity contribution < 1.29 is 19.4 Å². The topological polar surface area (TPSA) is 97.6 Å². The fourth-order valence-corrected chi connectivity index (χ4v) is 3.71. The van der Waals surface area contributed by atoms with Crippen molar-refractivity contribution in [1.29, 1.82) is 0 Å². The molecule has 3 rings (SSSR count). The van der Waals surface area contributed by atoms with E-state index in [-0.39, 0.29) is 16.9 Å². The number of hydrogen-bond donors (Lipinski definition) is 2. The average Bonchev–Trinajstić information content (AvgIpc) is 2.82. The fourth-order valence-electron chi connectivity index (χ4n) is 3.71. The second kappa shape index (κ2) is 11.3. The Kier molecular flexibility index (Phi) is 8.24. The Labute approximate surface area is 193 Å². The number of ether oxygens (including phenoxy) is 1. The lowest BCUT2D eigenvalue weighted by Gasteiger charge is -2.15. The van der Waals surface area contributed by atoms with Gasteiger partial charge in [-0.15, -0.1) is 0 Å². The molecule has 0 aliphatic rings. The molecule has 0 saturated heterocycles. The van der Waals surface area contributed by atoms with Crippen LogP contribution in [0.4, 0.5) is 5.69 Å². The van der Waals surface area contributed by atoms with Gasteiger partial charge in [0.15, 0.2) is 0 Å². The van der Waals surface area contributed by atoms with E-state index in [1.807, 2.05) is 6.92 Å². The number of esters is 1. The number of aromatic hydroxyl groups is 1. The summed E-state index contributed by atoms with van der Waals surface area (Å²) in [5, 5.41) is 13.9. The molecule has 3 aromatic rings. The number of nitrogens with one attached hydrogen (secondary N) is 1. The largest absolute Gasteiger partial charge is 0.506 e. The summed E-state index contributed by atoms with van der Waals surface area (Å²) in [7, 11) is 0. The maximum absolute atomic E-state index is 13.3. The van der Waals surface area contributed by atoms with Crippen LogP contribution >= 0.6 is 0 Å². The first-order valence-electron chi connectivity index (χ1n) is 11.4. The molecule has 0 radical (unpaired) electrons. The number of hydrogen-bond acceptors (Lipinski definition) is 5. The maximum Gasteiger partial charge on any atom is 0.338 e. The molecule has 1 aromatic heterocycles. The molecular weight excluding hydrogens is 420 g/mol. The second-order valence-corrected chi connectivity index (χ2v) is 7.93. The smallest absolute Gasteiger partial charge is 0.338 e. The van der Waals surface area contributed by atoms with Gasteiger partial charge in [-0.3, -0.25) is 9.59 Å². The number of aryl methyl sites for hydroxylation is 1. The molecule has 2 aromatic carbocycles. The van der Waals surface area contributed by atoms with Gasteiger partial charge in [0, 0.05) is 17.6 Å². The summed E-state index contributed by atoms with van der Waals surface area (Å²) in [5.41, 5.74) is 0.347. The van der Waals surface area contributed by atoms with E-state index in [1.54, 1.807) is 47.0 Å². The van der Waals surface area contributed by atoms with Crippen LogP contribution in [0.5, 0.6) is 5.75 Å². The molecule has 7 heteroatoms. The second-order valence-electron chi connectivity index (χ2n) is 7.93. The van der Waals surface area contributed by atoms with Gasteiger partial charge in [-0.25, -0.2) is 4.79 Å². The van der Waals surface area contributed by atoms with Crippen LogP contribution in [-0.2, 0) is 11.3 Å². The molecule has 33 heavy (non-hydrogen) atoms. The number of aromatic nitrogens is 1. The number of amides is 1. The predicted molar refractivity (Wildman–Crippen MR) is 129 cm³/mol. The van der Waals surface area contributed by atoms with Crippen LogP contribution in [0.1, 0.15) is 66.7 Å². The van der Waals surface area contributed by atoms with Crippen molar-refractivity contribution in [2.24, 2.45) is 0 Å². The highest BCUT2D eigenvalue weighted by molar-refractivity contribution is 6.09. The highest BCUT2D eigenvalue weighted by Crippen LogP contribution is 2.27. The Hall–Kier alpha value is -3.61. The molecule has 7 nitrogen and oxygen atoms in total. The SMILES string of the molecule is CCCCCCn1c(=O)c(C(=O)Nc2cccc(C(=O)OCCC)c2)c(O)c2ccccc21. The Morgan fingerprint density at radius 2 is 1.79 bits per heavy atom. The van der Waals surface area contributed by atoms with Crippen LogP contribution in [0.15, 0.2) is 53.3 Å². The summed E-state index contributed by atoms with van der Waals surface area (Å²) in [5.74, 6) is -1.57. The Morgan fingerprint density at radius 3 is 2.55 bits per heavy atom. The van der Waals surface area contributed by atoms with E-state index in [0.717, 1.165) is 25.7 Å². The van der Waals surface area contributed by atoms with Crippen LogP contribution in [0.2, 0.25) is 0 Å².